The van der Waals surface area contributed by atoms with Gasteiger partial charge in [-0.2, -0.15) is 0 Å². The molecule has 2 aromatic rings. The van der Waals surface area contributed by atoms with Crippen LogP contribution in [0.15, 0.2) is 60.7 Å². The van der Waals surface area contributed by atoms with Gasteiger partial charge in [0.2, 0.25) is 11.8 Å². The van der Waals surface area contributed by atoms with E-state index in [1.54, 1.807) is 20.8 Å². The van der Waals surface area contributed by atoms with Gasteiger partial charge in [-0.15, -0.1) is 0 Å². The maximum absolute atomic E-state index is 14.0. The average Bonchev–Trinajstić information content (AvgIpc) is 3.02. The van der Waals surface area contributed by atoms with Gasteiger partial charge in [-0.1, -0.05) is 74.5 Å². The highest BCUT2D eigenvalue weighted by molar-refractivity contribution is 5.88. The van der Waals surface area contributed by atoms with Crippen molar-refractivity contribution in [3.63, 3.8) is 0 Å². The predicted octanol–water partition coefficient (Wildman–Crippen LogP) is 4.86. The Kier molecular flexibility index (Phi) is 14.5. The number of hydrogen-bond acceptors (Lipinski definition) is 6. The zero-order valence-electron chi connectivity index (χ0n) is 28.6. The van der Waals surface area contributed by atoms with Crippen LogP contribution >= 0.6 is 0 Å². The van der Waals surface area contributed by atoms with Gasteiger partial charge >= 0.3 is 6.09 Å². The summed E-state index contributed by atoms with van der Waals surface area (Å²) in [4.78, 5) is 42.3. The van der Waals surface area contributed by atoms with Crippen molar-refractivity contribution < 1.29 is 24.2 Å². The van der Waals surface area contributed by atoms with Crippen molar-refractivity contribution >= 4 is 17.9 Å². The van der Waals surface area contributed by atoms with Gasteiger partial charge in [0.1, 0.15) is 11.6 Å². The SMILES string of the molecule is CNC1CCN(C(=O)[C@@H](NC(=O)C(CCCc2ccccc2)CC(O)C(Cc2ccccc2)NC(=O)OC(C)(C)C)C(C)C)CC1. The van der Waals surface area contributed by atoms with Crippen LogP contribution in [0.2, 0.25) is 0 Å². The molecule has 4 atom stereocenters. The molecule has 1 fully saturated rings. The Balaban J connectivity index is 1.78. The summed E-state index contributed by atoms with van der Waals surface area (Å²) >= 11 is 0. The predicted molar refractivity (Wildman–Crippen MR) is 182 cm³/mol. The number of hydrogen-bond donors (Lipinski definition) is 4. The summed E-state index contributed by atoms with van der Waals surface area (Å²) in [6.45, 7) is 10.6. The minimum atomic E-state index is -1.03. The molecule has 1 aliphatic heterocycles. The fraction of sp³-hybridized carbons (Fsp3) is 0.595. The number of alkyl carbamates (subject to hydrolysis) is 1. The van der Waals surface area contributed by atoms with Crippen LogP contribution in [0, 0.1) is 11.8 Å². The van der Waals surface area contributed by atoms with Gasteiger partial charge in [-0.25, -0.2) is 4.79 Å². The fourth-order valence-corrected chi connectivity index (χ4v) is 5.99. The number of aliphatic hydroxyl groups excluding tert-OH is 1. The zero-order valence-corrected chi connectivity index (χ0v) is 28.6. The molecule has 9 heteroatoms. The third-order valence-electron chi connectivity index (χ3n) is 8.67. The highest BCUT2D eigenvalue weighted by atomic mass is 16.6. The second-order valence-electron chi connectivity index (χ2n) is 13.9. The maximum atomic E-state index is 14.0. The van der Waals surface area contributed by atoms with Crippen LogP contribution in [0.4, 0.5) is 4.79 Å². The van der Waals surface area contributed by atoms with Gasteiger partial charge in [-0.3, -0.25) is 9.59 Å². The molecule has 0 aromatic heterocycles. The maximum Gasteiger partial charge on any atom is 0.407 e. The van der Waals surface area contributed by atoms with E-state index < -0.39 is 35.8 Å². The number of likely N-dealkylation sites (tertiary alicyclic amines) is 1. The van der Waals surface area contributed by atoms with Gasteiger partial charge < -0.3 is 30.7 Å². The Bertz CT molecular complexity index is 1210. The average molecular weight is 637 g/mol. The zero-order chi connectivity index (χ0) is 33.7. The van der Waals surface area contributed by atoms with Crippen molar-refractivity contribution in [2.45, 2.75) is 109 Å². The Hall–Kier alpha value is -3.43. The molecule has 1 heterocycles. The van der Waals surface area contributed by atoms with E-state index in [1.807, 2.05) is 74.3 Å². The number of nitrogens with one attached hydrogen (secondary N) is 3. The first-order valence-corrected chi connectivity index (χ1v) is 16.9. The number of amides is 3. The van der Waals surface area contributed by atoms with Crippen LogP contribution < -0.4 is 16.0 Å². The summed E-state index contributed by atoms with van der Waals surface area (Å²) < 4.78 is 5.51. The molecule has 3 rings (SSSR count). The summed E-state index contributed by atoms with van der Waals surface area (Å²) in [6.07, 6.45) is 2.64. The number of aliphatic hydroxyl groups is 1. The Labute approximate surface area is 275 Å². The van der Waals surface area contributed by atoms with E-state index in [0.717, 1.165) is 31.2 Å². The van der Waals surface area contributed by atoms with Crippen LogP contribution in [0.5, 0.6) is 0 Å². The largest absolute Gasteiger partial charge is 0.444 e. The van der Waals surface area contributed by atoms with Crippen LogP contribution in [0.1, 0.15) is 77.8 Å². The van der Waals surface area contributed by atoms with Gasteiger partial charge in [0.05, 0.1) is 12.1 Å². The number of ether oxygens (including phenoxy) is 1. The third kappa shape index (κ3) is 12.4. The summed E-state index contributed by atoms with van der Waals surface area (Å²) in [5, 5.41) is 20.9. The minimum Gasteiger partial charge on any atom is -0.444 e. The minimum absolute atomic E-state index is 0.0602. The standard InChI is InChI=1S/C37H56N4O5/c1-26(2)33(35(44)41-22-20-30(38-6)21-23-41)40-34(43)29(19-13-18-27-14-9-7-10-15-27)25-32(42)31(24-28-16-11-8-12-17-28)39-36(45)46-37(3,4)5/h7-12,14-17,26,29-33,38,42H,13,18-25H2,1-6H3,(H,39,45)(H,40,43)/t29?,31?,32?,33-/m0/s1. The van der Waals surface area contributed by atoms with Crippen LogP contribution in [0.3, 0.4) is 0 Å². The monoisotopic (exact) mass is 636 g/mol. The van der Waals surface area contributed by atoms with Crippen LogP contribution in [-0.4, -0.2) is 77.9 Å². The number of carbonyl (C=O) groups excluding carboxylic acids is 3. The molecule has 0 radical (unpaired) electrons. The molecule has 3 unspecified atom stereocenters. The lowest BCUT2D eigenvalue weighted by molar-refractivity contribution is -0.140. The molecule has 0 aliphatic carbocycles. The first-order valence-electron chi connectivity index (χ1n) is 16.9. The third-order valence-corrected chi connectivity index (χ3v) is 8.67. The first-order chi connectivity index (χ1) is 21.9. The molecule has 9 nitrogen and oxygen atoms in total. The summed E-state index contributed by atoms with van der Waals surface area (Å²) in [5.74, 6) is -0.982. The van der Waals surface area contributed by atoms with E-state index in [1.165, 1.54) is 5.56 Å². The molecule has 0 saturated carbocycles. The van der Waals surface area contributed by atoms with Crippen molar-refractivity contribution in [2.24, 2.45) is 11.8 Å². The lowest BCUT2D eigenvalue weighted by Gasteiger charge is -2.36. The molecular formula is C37H56N4O5. The van der Waals surface area contributed by atoms with E-state index in [-0.39, 0.29) is 24.2 Å². The van der Waals surface area contributed by atoms with Crippen molar-refractivity contribution in [1.29, 1.82) is 0 Å². The number of nitrogens with zero attached hydrogens (tertiary/aromatic N) is 1. The Morgan fingerprint density at radius 2 is 1.52 bits per heavy atom. The molecule has 3 amide bonds. The molecule has 0 bridgehead atoms. The summed E-state index contributed by atoms with van der Waals surface area (Å²) in [7, 11) is 1.94. The second kappa shape index (κ2) is 18.0. The lowest BCUT2D eigenvalue weighted by Crippen LogP contribution is -2.55. The first kappa shape index (κ1) is 37.0. The quantitative estimate of drug-likeness (QED) is 0.222. The molecular weight excluding hydrogens is 580 g/mol. The Morgan fingerprint density at radius 1 is 0.935 bits per heavy atom. The highest BCUT2D eigenvalue weighted by Crippen LogP contribution is 2.22. The fourth-order valence-electron chi connectivity index (χ4n) is 5.99. The molecule has 0 spiro atoms. The number of carbonyl (C=O) groups is 3. The molecule has 2 aromatic carbocycles. The van der Waals surface area contributed by atoms with Gasteiger partial charge in [0.15, 0.2) is 0 Å². The van der Waals surface area contributed by atoms with Gasteiger partial charge in [0, 0.05) is 25.0 Å². The van der Waals surface area contributed by atoms with Gasteiger partial charge in [0.25, 0.3) is 0 Å². The highest BCUT2D eigenvalue weighted by Gasteiger charge is 2.34. The van der Waals surface area contributed by atoms with Crippen LogP contribution in [0.25, 0.3) is 0 Å². The van der Waals surface area contributed by atoms with E-state index in [2.05, 4.69) is 28.1 Å². The van der Waals surface area contributed by atoms with Crippen molar-refractivity contribution in [3.8, 4) is 0 Å². The second-order valence-corrected chi connectivity index (χ2v) is 13.9. The van der Waals surface area contributed by atoms with E-state index in [0.29, 0.717) is 32.0 Å². The summed E-state index contributed by atoms with van der Waals surface area (Å²) in [6, 6.07) is 18.8. The molecule has 254 valence electrons. The van der Waals surface area contributed by atoms with Crippen LogP contribution in [-0.2, 0) is 27.2 Å². The summed E-state index contributed by atoms with van der Waals surface area (Å²) in [5.41, 5.74) is 1.42. The Morgan fingerprint density at radius 3 is 2.07 bits per heavy atom. The lowest BCUT2D eigenvalue weighted by atomic mass is 9.88. The van der Waals surface area contributed by atoms with E-state index >= 15 is 0 Å². The van der Waals surface area contributed by atoms with E-state index in [9.17, 15) is 19.5 Å². The number of aryl methyl sites for hydroxylation is 1. The van der Waals surface area contributed by atoms with Crippen molar-refractivity contribution in [1.82, 2.24) is 20.9 Å². The molecule has 1 aliphatic rings. The topological polar surface area (TPSA) is 120 Å². The normalized spacial score (nSPS) is 16.7. The van der Waals surface area contributed by atoms with Crippen molar-refractivity contribution in [2.75, 3.05) is 20.1 Å². The molecule has 46 heavy (non-hydrogen) atoms. The number of benzene rings is 2. The number of rotatable bonds is 15. The van der Waals surface area contributed by atoms with Crippen molar-refractivity contribution in [3.05, 3.63) is 71.8 Å². The van der Waals surface area contributed by atoms with E-state index in [4.69, 9.17) is 4.74 Å². The van der Waals surface area contributed by atoms with Gasteiger partial charge in [-0.05, 0) is 89.8 Å². The smallest absolute Gasteiger partial charge is 0.407 e. The molecule has 4 N–H and O–H groups in total. The number of piperidine rings is 1. The molecule has 1 saturated heterocycles.